The summed E-state index contributed by atoms with van der Waals surface area (Å²) >= 11 is 0. The van der Waals surface area contributed by atoms with E-state index in [9.17, 15) is 0 Å². The molecule has 3 nitrogen and oxygen atoms in total. The van der Waals surface area contributed by atoms with Crippen molar-refractivity contribution in [1.82, 2.24) is 4.90 Å². The summed E-state index contributed by atoms with van der Waals surface area (Å²) in [7, 11) is 1.98. The zero-order valence-corrected chi connectivity index (χ0v) is 12.4. The van der Waals surface area contributed by atoms with Gasteiger partial charge in [0.15, 0.2) is 0 Å². The van der Waals surface area contributed by atoms with Crippen molar-refractivity contribution >= 4 is 17.5 Å². The largest absolute Gasteiger partial charge is 0.388 e. The zero-order valence-electron chi connectivity index (χ0n) is 12.4. The van der Waals surface area contributed by atoms with Crippen LogP contribution in [0.4, 0.5) is 11.4 Å². The fourth-order valence-corrected chi connectivity index (χ4v) is 3.53. The minimum atomic E-state index is 0.759. The molecule has 2 fully saturated rings. The predicted octanol–water partition coefficient (Wildman–Crippen LogP) is 3.05. The summed E-state index contributed by atoms with van der Waals surface area (Å²) < 4.78 is 0. The second-order valence-electron chi connectivity index (χ2n) is 5.86. The molecule has 2 heterocycles. The Bertz CT molecular complexity index is 483. The molecule has 2 aliphatic rings. The molecule has 1 aromatic rings. The number of hydrogen-bond donors (Lipinski definition) is 1. The van der Waals surface area contributed by atoms with Crippen molar-refractivity contribution in [3.8, 4) is 0 Å². The summed E-state index contributed by atoms with van der Waals surface area (Å²) in [5.41, 5.74) is 3.68. The van der Waals surface area contributed by atoms with Gasteiger partial charge in [-0.2, -0.15) is 0 Å². The Morgan fingerprint density at radius 1 is 1.25 bits per heavy atom. The van der Waals surface area contributed by atoms with Gasteiger partial charge in [-0.1, -0.05) is 25.1 Å². The van der Waals surface area contributed by atoms with Gasteiger partial charge in [0.25, 0.3) is 0 Å². The average molecular weight is 271 g/mol. The van der Waals surface area contributed by atoms with Crippen molar-refractivity contribution in [3.05, 3.63) is 30.3 Å². The second kappa shape index (κ2) is 5.88. The average Bonchev–Trinajstić information content (AvgIpc) is 2.53. The van der Waals surface area contributed by atoms with E-state index in [0.717, 1.165) is 12.6 Å². The van der Waals surface area contributed by atoms with E-state index in [1.807, 2.05) is 13.1 Å². The van der Waals surface area contributed by atoms with E-state index in [4.69, 9.17) is 0 Å². The van der Waals surface area contributed by atoms with Gasteiger partial charge in [-0.05, 0) is 37.1 Å². The van der Waals surface area contributed by atoms with Crippen LogP contribution in [0.25, 0.3) is 6.08 Å². The standard InChI is InChI=1S/C17H25N3/c1-3-14-7-8-15(12-17(14)18-2)20-11-10-19-9-5-4-6-16(19)13-20/h3,7-8,12,16,18H,1,4-6,9-11,13H2,2H3. The van der Waals surface area contributed by atoms with E-state index in [-0.39, 0.29) is 0 Å². The molecule has 0 spiro atoms. The molecule has 1 unspecified atom stereocenters. The number of rotatable bonds is 3. The summed E-state index contributed by atoms with van der Waals surface area (Å²) in [6.45, 7) is 8.71. The highest BCUT2D eigenvalue weighted by Gasteiger charge is 2.28. The van der Waals surface area contributed by atoms with Gasteiger partial charge in [0, 0.05) is 44.1 Å². The van der Waals surface area contributed by atoms with E-state index in [0.29, 0.717) is 0 Å². The molecule has 0 bridgehead atoms. The molecule has 0 aliphatic carbocycles. The van der Waals surface area contributed by atoms with E-state index < -0.39 is 0 Å². The van der Waals surface area contributed by atoms with Crippen LogP contribution in [0.1, 0.15) is 24.8 Å². The Morgan fingerprint density at radius 3 is 2.95 bits per heavy atom. The van der Waals surface area contributed by atoms with Crippen LogP contribution < -0.4 is 10.2 Å². The molecule has 1 aromatic carbocycles. The maximum Gasteiger partial charge on any atom is 0.0431 e. The van der Waals surface area contributed by atoms with Crippen LogP contribution in [0, 0.1) is 0 Å². The lowest BCUT2D eigenvalue weighted by Crippen LogP contribution is -2.54. The number of anilines is 2. The Balaban J connectivity index is 1.77. The van der Waals surface area contributed by atoms with E-state index in [2.05, 4.69) is 39.9 Å². The molecule has 0 saturated carbocycles. The summed E-state index contributed by atoms with van der Waals surface area (Å²) in [4.78, 5) is 5.22. The van der Waals surface area contributed by atoms with Crippen molar-refractivity contribution in [2.75, 3.05) is 43.4 Å². The van der Waals surface area contributed by atoms with Crippen LogP contribution >= 0.6 is 0 Å². The molecule has 2 saturated heterocycles. The minimum Gasteiger partial charge on any atom is -0.388 e. The fourth-order valence-electron chi connectivity index (χ4n) is 3.53. The van der Waals surface area contributed by atoms with Crippen LogP contribution in [-0.2, 0) is 0 Å². The summed E-state index contributed by atoms with van der Waals surface area (Å²) in [5.74, 6) is 0. The highest BCUT2D eigenvalue weighted by Crippen LogP contribution is 2.28. The number of nitrogens with zero attached hydrogens (tertiary/aromatic N) is 2. The van der Waals surface area contributed by atoms with Crippen LogP contribution in [0.15, 0.2) is 24.8 Å². The minimum absolute atomic E-state index is 0.759. The molecule has 1 atom stereocenters. The molecule has 0 radical (unpaired) electrons. The van der Waals surface area contributed by atoms with E-state index in [1.54, 1.807) is 0 Å². The highest BCUT2D eigenvalue weighted by atomic mass is 15.3. The first-order valence-corrected chi connectivity index (χ1v) is 7.75. The monoisotopic (exact) mass is 271 g/mol. The molecule has 108 valence electrons. The van der Waals surface area contributed by atoms with E-state index >= 15 is 0 Å². The van der Waals surface area contributed by atoms with Crippen molar-refractivity contribution in [2.45, 2.75) is 25.3 Å². The Labute approximate surface area is 122 Å². The summed E-state index contributed by atoms with van der Waals surface area (Å²) in [6.07, 6.45) is 6.05. The fraction of sp³-hybridized carbons (Fsp3) is 0.529. The topological polar surface area (TPSA) is 18.5 Å². The van der Waals surface area contributed by atoms with Gasteiger partial charge in [0.2, 0.25) is 0 Å². The third-order valence-corrected chi connectivity index (χ3v) is 4.73. The van der Waals surface area contributed by atoms with Crippen LogP contribution in [0.5, 0.6) is 0 Å². The van der Waals surface area contributed by atoms with Crippen molar-refractivity contribution in [2.24, 2.45) is 0 Å². The molecule has 1 N–H and O–H groups in total. The molecule has 3 rings (SSSR count). The smallest absolute Gasteiger partial charge is 0.0431 e. The van der Waals surface area contributed by atoms with Gasteiger partial charge in [-0.3, -0.25) is 4.90 Å². The predicted molar refractivity (Wildman–Crippen MR) is 87.5 cm³/mol. The first-order chi connectivity index (χ1) is 9.81. The number of nitrogens with one attached hydrogen (secondary N) is 1. The second-order valence-corrected chi connectivity index (χ2v) is 5.86. The van der Waals surface area contributed by atoms with Gasteiger partial charge in [-0.25, -0.2) is 0 Å². The number of piperidine rings is 1. The maximum absolute atomic E-state index is 3.88. The van der Waals surface area contributed by atoms with Gasteiger partial charge in [-0.15, -0.1) is 0 Å². The van der Waals surface area contributed by atoms with Gasteiger partial charge in [0.1, 0.15) is 0 Å². The molecule has 0 aromatic heterocycles. The molecular formula is C17H25N3. The quantitative estimate of drug-likeness (QED) is 0.911. The summed E-state index contributed by atoms with van der Waals surface area (Å²) in [5, 5.41) is 3.27. The lowest BCUT2D eigenvalue weighted by molar-refractivity contribution is 0.133. The van der Waals surface area contributed by atoms with Crippen molar-refractivity contribution in [3.63, 3.8) is 0 Å². The lowest BCUT2D eigenvalue weighted by Gasteiger charge is -2.45. The van der Waals surface area contributed by atoms with Crippen LogP contribution in [0.3, 0.4) is 0 Å². The normalized spacial score (nSPS) is 23.2. The third kappa shape index (κ3) is 2.55. The van der Waals surface area contributed by atoms with Gasteiger partial charge in [0.05, 0.1) is 0 Å². The maximum atomic E-state index is 3.88. The van der Waals surface area contributed by atoms with Crippen molar-refractivity contribution < 1.29 is 0 Å². The molecular weight excluding hydrogens is 246 g/mol. The van der Waals surface area contributed by atoms with Crippen LogP contribution in [0.2, 0.25) is 0 Å². The number of piperazine rings is 1. The molecule has 20 heavy (non-hydrogen) atoms. The Hall–Kier alpha value is -1.48. The molecule has 0 amide bonds. The first-order valence-electron chi connectivity index (χ1n) is 7.75. The number of hydrogen-bond acceptors (Lipinski definition) is 3. The Kier molecular flexibility index (Phi) is 3.97. The number of benzene rings is 1. The first kappa shape index (κ1) is 13.5. The van der Waals surface area contributed by atoms with Crippen molar-refractivity contribution in [1.29, 1.82) is 0 Å². The highest BCUT2D eigenvalue weighted by molar-refractivity contribution is 5.71. The zero-order chi connectivity index (χ0) is 13.9. The summed E-state index contributed by atoms with van der Waals surface area (Å²) in [6, 6.07) is 7.42. The Morgan fingerprint density at radius 2 is 2.15 bits per heavy atom. The van der Waals surface area contributed by atoms with E-state index in [1.165, 1.54) is 55.8 Å². The van der Waals surface area contributed by atoms with Gasteiger partial charge < -0.3 is 10.2 Å². The SMILES string of the molecule is C=Cc1ccc(N2CCN3CCCCC3C2)cc1NC. The number of fused-ring (bicyclic) bond motifs is 1. The molecule has 2 aliphatic heterocycles. The third-order valence-electron chi connectivity index (χ3n) is 4.73. The molecule has 3 heteroatoms. The van der Waals surface area contributed by atoms with Gasteiger partial charge >= 0.3 is 0 Å². The van der Waals surface area contributed by atoms with Crippen LogP contribution in [-0.4, -0.2) is 44.2 Å². The lowest BCUT2D eigenvalue weighted by atomic mass is 9.99.